The van der Waals surface area contributed by atoms with Crippen molar-refractivity contribution in [2.45, 2.75) is 32.2 Å². The van der Waals surface area contributed by atoms with E-state index in [1.54, 1.807) is 12.1 Å². The van der Waals surface area contributed by atoms with Gasteiger partial charge in [0, 0.05) is 0 Å². The summed E-state index contributed by atoms with van der Waals surface area (Å²) in [4.78, 5) is 0. The van der Waals surface area contributed by atoms with Crippen molar-refractivity contribution in [2.75, 3.05) is 0 Å². The molecular weight excluding hydrogens is 265 g/mol. The topological polar surface area (TPSA) is 0 Å². The fourth-order valence-electron chi connectivity index (χ4n) is 1.83. The highest BCUT2D eigenvalue weighted by Gasteiger charge is 2.30. The number of hydrogen-bond donors (Lipinski definition) is 0. The lowest BCUT2D eigenvalue weighted by Gasteiger charge is -2.15. The minimum Gasteiger partial charge on any atom is -0.166 e. The van der Waals surface area contributed by atoms with Crippen LogP contribution < -0.4 is 0 Å². The standard InChI is InChI=1S/C15H19F3Si/c1-5-7-13(11-19(2,3)4)12-8-6-9-14(10-12)15(16,17)18/h5-6,8-11H,1,7H2,2-4H3/b13-11+. The fourth-order valence-corrected chi connectivity index (χ4v) is 3.16. The van der Waals surface area contributed by atoms with Crippen LogP contribution in [0.4, 0.5) is 13.2 Å². The summed E-state index contributed by atoms with van der Waals surface area (Å²) >= 11 is 0. The molecule has 0 nitrogen and oxygen atoms in total. The van der Waals surface area contributed by atoms with Crippen LogP contribution in [0.2, 0.25) is 19.6 Å². The van der Waals surface area contributed by atoms with Crippen molar-refractivity contribution in [3.63, 3.8) is 0 Å². The Morgan fingerprint density at radius 3 is 2.37 bits per heavy atom. The summed E-state index contributed by atoms with van der Waals surface area (Å²) in [5.74, 6) is 0. The fraction of sp³-hybridized carbons (Fsp3) is 0.333. The number of alkyl halides is 3. The lowest BCUT2D eigenvalue weighted by molar-refractivity contribution is -0.137. The molecule has 0 N–H and O–H groups in total. The molecule has 0 saturated carbocycles. The van der Waals surface area contributed by atoms with Gasteiger partial charge in [-0.15, -0.1) is 6.58 Å². The second-order valence-corrected chi connectivity index (χ2v) is 10.6. The highest BCUT2D eigenvalue weighted by atomic mass is 28.3. The molecule has 0 aliphatic rings. The van der Waals surface area contributed by atoms with Crippen LogP contribution in [-0.4, -0.2) is 8.07 Å². The minimum absolute atomic E-state index is 0.589. The van der Waals surface area contributed by atoms with Crippen molar-refractivity contribution in [2.24, 2.45) is 0 Å². The number of allylic oxidation sites excluding steroid dienone is 2. The third-order valence-corrected chi connectivity index (χ3v) is 3.75. The van der Waals surface area contributed by atoms with Gasteiger partial charge < -0.3 is 0 Å². The summed E-state index contributed by atoms with van der Waals surface area (Å²) in [6.45, 7) is 10.1. The maximum absolute atomic E-state index is 12.7. The van der Waals surface area contributed by atoms with Gasteiger partial charge in [0.25, 0.3) is 0 Å². The van der Waals surface area contributed by atoms with Gasteiger partial charge in [0.1, 0.15) is 0 Å². The number of benzene rings is 1. The van der Waals surface area contributed by atoms with Crippen LogP contribution in [0.1, 0.15) is 17.5 Å². The van der Waals surface area contributed by atoms with E-state index in [-0.39, 0.29) is 0 Å². The Labute approximate surface area is 113 Å². The molecule has 0 unspecified atom stereocenters. The molecule has 0 heterocycles. The first-order chi connectivity index (χ1) is 8.63. The predicted octanol–water partition coefficient (Wildman–Crippen LogP) is 5.54. The van der Waals surface area contributed by atoms with Gasteiger partial charge in [-0.2, -0.15) is 13.2 Å². The van der Waals surface area contributed by atoms with E-state index in [4.69, 9.17) is 0 Å². The van der Waals surface area contributed by atoms with Crippen LogP contribution >= 0.6 is 0 Å². The van der Waals surface area contributed by atoms with Gasteiger partial charge in [0.2, 0.25) is 0 Å². The van der Waals surface area contributed by atoms with Crippen molar-refractivity contribution < 1.29 is 13.2 Å². The lowest BCUT2D eigenvalue weighted by atomic mass is 10.0. The quantitative estimate of drug-likeness (QED) is 0.503. The Hall–Kier alpha value is -1.29. The van der Waals surface area contributed by atoms with Crippen molar-refractivity contribution in [3.05, 3.63) is 53.7 Å². The van der Waals surface area contributed by atoms with E-state index < -0.39 is 19.8 Å². The number of hydrogen-bond acceptors (Lipinski definition) is 0. The first-order valence-corrected chi connectivity index (χ1v) is 9.71. The zero-order chi connectivity index (χ0) is 14.7. The first-order valence-electron chi connectivity index (χ1n) is 6.14. The van der Waals surface area contributed by atoms with E-state index in [2.05, 4.69) is 31.9 Å². The molecule has 0 aliphatic heterocycles. The van der Waals surface area contributed by atoms with Gasteiger partial charge in [-0.1, -0.05) is 43.5 Å². The number of halogens is 3. The molecule has 19 heavy (non-hydrogen) atoms. The highest BCUT2D eigenvalue weighted by molar-refractivity contribution is 6.81. The van der Waals surface area contributed by atoms with Crippen molar-refractivity contribution in [1.82, 2.24) is 0 Å². The molecule has 0 aromatic heterocycles. The Kier molecular flexibility index (Phi) is 4.79. The Balaban J connectivity index is 3.25. The summed E-state index contributed by atoms with van der Waals surface area (Å²) in [7, 11) is -1.49. The Bertz CT molecular complexity index is 479. The van der Waals surface area contributed by atoms with Crippen LogP contribution in [0.3, 0.4) is 0 Å². The first kappa shape index (κ1) is 15.8. The molecule has 104 valence electrons. The second kappa shape index (κ2) is 5.78. The molecule has 0 spiro atoms. The zero-order valence-corrected chi connectivity index (χ0v) is 12.5. The largest absolute Gasteiger partial charge is 0.416 e. The van der Waals surface area contributed by atoms with Gasteiger partial charge >= 0.3 is 6.18 Å². The minimum atomic E-state index is -4.30. The van der Waals surface area contributed by atoms with E-state index in [1.165, 1.54) is 12.1 Å². The van der Waals surface area contributed by atoms with Crippen molar-refractivity contribution in [3.8, 4) is 0 Å². The SMILES string of the molecule is C=CC/C(=C\[Si](C)(C)C)c1cccc(C(F)(F)F)c1. The van der Waals surface area contributed by atoms with Crippen LogP contribution in [0.25, 0.3) is 5.57 Å². The highest BCUT2D eigenvalue weighted by Crippen LogP contribution is 2.32. The lowest BCUT2D eigenvalue weighted by Crippen LogP contribution is -2.16. The van der Waals surface area contributed by atoms with E-state index in [0.717, 1.165) is 11.6 Å². The van der Waals surface area contributed by atoms with Crippen LogP contribution in [0, 0.1) is 0 Å². The maximum Gasteiger partial charge on any atom is 0.416 e. The molecule has 0 aliphatic carbocycles. The third-order valence-electron chi connectivity index (χ3n) is 2.53. The van der Waals surface area contributed by atoms with Gasteiger partial charge in [-0.05, 0) is 29.7 Å². The van der Waals surface area contributed by atoms with Gasteiger partial charge in [-0.25, -0.2) is 0 Å². The zero-order valence-electron chi connectivity index (χ0n) is 11.5. The monoisotopic (exact) mass is 284 g/mol. The average Bonchev–Trinajstić information content (AvgIpc) is 2.26. The molecule has 1 aromatic carbocycles. The van der Waals surface area contributed by atoms with Crippen molar-refractivity contribution in [1.29, 1.82) is 0 Å². The van der Waals surface area contributed by atoms with Crippen LogP contribution in [0.15, 0.2) is 42.6 Å². The van der Waals surface area contributed by atoms with Crippen molar-refractivity contribution >= 4 is 13.6 Å². The predicted molar refractivity (Wildman–Crippen MR) is 77.6 cm³/mol. The van der Waals surface area contributed by atoms with Crippen LogP contribution in [0.5, 0.6) is 0 Å². The van der Waals surface area contributed by atoms with Crippen LogP contribution in [-0.2, 0) is 6.18 Å². The Morgan fingerprint density at radius 1 is 1.26 bits per heavy atom. The van der Waals surface area contributed by atoms with E-state index in [1.807, 2.05) is 0 Å². The molecule has 4 heteroatoms. The normalized spacial score (nSPS) is 13.5. The second-order valence-electron chi connectivity index (χ2n) is 5.61. The van der Waals surface area contributed by atoms with Gasteiger partial charge in [-0.3, -0.25) is 0 Å². The summed E-state index contributed by atoms with van der Waals surface area (Å²) in [5.41, 5.74) is 3.09. The molecular formula is C15H19F3Si. The third kappa shape index (κ3) is 5.07. The average molecular weight is 284 g/mol. The van der Waals surface area contributed by atoms with Gasteiger partial charge in [0.05, 0.1) is 13.6 Å². The molecule has 0 amide bonds. The summed E-state index contributed by atoms with van der Waals surface area (Å²) in [6, 6.07) is 5.50. The molecule has 0 radical (unpaired) electrons. The molecule has 0 bridgehead atoms. The molecule has 0 saturated heterocycles. The summed E-state index contributed by atoms with van der Waals surface area (Å²) < 4.78 is 38.2. The molecule has 0 fully saturated rings. The van der Waals surface area contributed by atoms with E-state index in [9.17, 15) is 13.2 Å². The van der Waals surface area contributed by atoms with E-state index in [0.29, 0.717) is 12.0 Å². The molecule has 1 rings (SSSR count). The summed E-state index contributed by atoms with van der Waals surface area (Å²) in [6.07, 6.45) is -1.98. The Morgan fingerprint density at radius 2 is 1.89 bits per heavy atom. The smallest absolute Gasteiger partial charge is 0.166 e. The molecule has 1 aromatic rings. The van der Waals surface area contributed by atoms with Gasteiger partial charge in [0.15, 0.2) is 0 Å². The summed E-state index contributed by atoms with van der Waals surface area (Å²) in [5, 5.41) is 0. The molecule has 0 atom stereocenters. The maximum atomic E-state index is 12.7. The van der Waals surface area contributed by atoms with E-state index >= 15 is 0 Å². The number of rotatable bonds is 4.